The molecule has 2 aromatic heterocycles. The topological polar surface area (TPSA) is 173 Å². The van der Waals surface area contributed by atoms with Crippen LogP contribution in [0.4, 0.5) is 28.8 Å². The number of methoxy groups -OCH3 is 2. The van der Waals surface area contributed by atoms with Crippen molar-refractivity contribution >= 4 is 52.8 Å². The van der Waals surface area contributed by atoms with Crippen molar-refractivity contribution in [1.29, 1.82) is 0 Å². The van der Waals surface area contributed by atoms with Crippen LogP contribution in [-0.2, 0) is 0 Å². The van der Waals surface area contributed by atoms with Crippen molar-refractivity contribution < 1.29 is 19.7 Å². The van der Waals surface area contributed by atoms with Gasteiger partial charge in [0, 0.05) is 36.6 Å². The minimum atomic E-state index is 0. The number of benzene rings is 2. The molecule has 0 atom stereocenters. The molecule has 0 fully saturated rings. The Hall–Kier alpha value is -3.94. The van der Waals surface area contributed by atoms with E-state index in [4.69, 9.17) is 37.0 Å². The molecule has 0 bridgehead atoms. The monoisotopic (exact) mass is 592 g/mol. The van der Waals surface area contributed by atoms with Crippen LogP contribution in [0.5, 0.6) is 11.5 Å². The molecule has 2 heterocycles. The SMILES string of the molecule is COc1ccc(Nc2cc(Cl)ncn2)cc1.COc1ccc(Nc2cc(NCCO)ncn2)cc1.Cl.NCCO. The Morgan fingerprint density at radius 1 is 0.725 bits per heavy atom. The van der Waals surface area contributed by atoms with Crippen LogP contribution in [0.3, 0.4) is 0 Å². The summed E-state index contributed by atoms with van der Waals surface area (Å²) in [4.78, 5) is 16.0. The number of hydrogen-bond acceptors (Lipinski definition) is 12. The fourth-order valence-electron chi connectivity index (χ4n) is 2.75. The van der Waals surface area contributed by atoms with Gasteiger partial charge < -0.3 is 41.4 Å². The predicted molar refractivity (Wildman–Crippen MR) is 161 cm³/mol. The van der Waals surface area contributed by atoms with Gasteiger partial charge in [-0.1, -0.05) is 11.6 Å². The highest BCUT2D eigenvalue weighted by molar-refractivity contribution is 6.29. The smallest absolute Gasteiger partial charge is 0.135 e. The molecule has 7 N–H and O–H groups in total. The molecular formula is C26H34Cl2N8O4. The van der Waals surface area contributed by atoms with Crippen molar-refractivity contribution in [2.24, 2.45) is 5.73 Å². The highest BCUT2D eigenvalue weighted by atomic mass is 35.5. The van der Waals surface area contributed by atoms with Crippen molar-refractivity contribution in [2.75, 3.05) is 56.5 Å². The average Bonchev–Trinajstić information content (AvgIpc) is 2.97. The van der Waals surface area contributed by atoms with Crippen molar-refractivity contribution in [3.8, 4) is 11.5 Å². The summed E-state index contributed by atoms with van der Waals surface area (Å²) < 4.78 is 10.2. The molecule has 0 saturated heterocycles. The average molecular weight is 594 g/mol. The Bertz CT molecular complexity index is 1220. The number of anilines is 5. The predicted octanol–water partition coefficient (Wildman–Crippen LogP) is 3.87. The fourth-order valence-corrected chi connectivity index (χ4v) is 2.90. The molecule has 0 radical (unpaired) electrons. The van der Waals surface area contributed by atoms with Gasteiger partial charge in [-0.3, -0.25) is 0 Å². The van der Waals surface area contributed by atoms with Crippen LogP contribution in [0, 0.1) is 0 Å². The minimum Gasteiger partial charge on any atom is -0.497 e. The summed E-state index contributed by atoms with van der Waals surface area (Å²) in [6, 6.07) is 18.5. The molecule has 0 saturated carbocycles. The van der Waals surface area contributed by atoms with Gasteiger partial charge in [-0.05, 0) is 48.5 Å². The molecule has 4 rings (SSSR count). The fraction of sp³-hybridized carbons (Fsp3) is 0.231. The van der Waals surface area contributed by atoms with Gasteiger partial charge in [0.05, 0.1) is 27.4 Å². The van der Waals surface area contributed by atoms with Gasteiger partial charge in [0.1, 0.15) is 46.8 Å². The van der Waals surface area contributed by atoms with E-state index in [0.717, 1.165) is 22.9 Å². The lowest BCUT2D eigenvalue weighted by atomic mass is 10.3. The molecule has 0 aliphatic heterocycles. The first-order valence-corrected chi connectivity index (χ1v) is 12.2. The van der Waals surface area contributed by atoms with Crippen LogP contribution in [0.2, 0.25) is 5.15 Å². The van der Waals surface area contributed by atoms with E-state index in [1.54, 1.807) is 26.4 Å². The number of ether oxygens (including phenoxy) is 2. The Kier molecular flexibility index (Phi) is 17.1. The number of rotatable bonds is 10. The highest BCUT2D eigenvalue weighted by Crippen LogP contribution is 2.20. The third-order valence-electron chi connectivity index (χ3n) is 4.57. The normalized spacial score (nSPS) is 9.45. The van der Waals surface area contributed by atoms with Crippen LogP contribution in [-0.4, -0.2) is 70.7 Å². The van der Waals surface area contributed by atoms with E-state index in [-0.39, 0.29) is 25.6 Å². The van der Waals surface area contributed by atoms with E-state index in [9.17, 15) is 0 Å². The third kappa shape index (κ3) is 13.2. The molecule has 0 amide bonds. The molecule has 0 unspecified atom stereocenters. The van der Waals surface area contributed by atoms with E-state index in [0.29, 0.717) is 35.7 Å². The molecule has 4 aromatic rings. The molecule has 0 aliphatic carbocycles. The number of aliphatic hydroxyl groups is 2. The number of aromatic nitrogens is 4. The molecule has 0 spiro atoms. The van der Waals surface area contributed by atoms with Gasteiger partial charge >= 0.3 is 0 Å². The largest absolute Gasteiger partial charge is 0.497 e. The molecule has 216 valence electrons. The quantitative estimate of drug-likeness (QED) is 0.147. The second-order valence-corrected chi connectivity index (χ2v) is 7.77. The second kappa shape index (κ2) is 20.0. The minimum absolute atomic E-state index is 0. The molecule has 2 aromatic carbocycles. The van der Waals surface area contributed by atoms with Crippen LogP contribution < -0.4 is 31.2 Å². The van der Waals surface area contributed by atoms with Crippen molar-refractivity contribution in [1.82, 2.24) is 19.9 Å². The zero-order valence-corrected chi connectivity index (χ0v) is 23.7. The zero-order valence-electron chi connectivity index (χ0n) is 22.1. The lowest BCUT2D eigenvalue weighted by molar-refractivity contribution is 0.306. The summed E-state index contributed by atoms with van der Waals surface area (Å²) in [5, 5.41) is 26.2. The van der Waals surface area contributed by atoms with Crippen molar-refractivity contribution in [2.45, 2.75) is 0 Å². The van der Waals surface area contributed by atoms with Crippen LogP contribution in [0.25, 0.3) is 0 Å². The molecular weight excluding hydrogens is 559 g/mol. The first kappa shape index (κ1) is 34.1. The Morgan fingerprint density at radius 2 is 1.18 bits per heavy atom. The summed E-state index contributed by atoms with van der Waals surface area (Å²) in [6.45, 7) is 0.990. The summed E-state index contributed by atoms with van der Waals surface area (Å²) in [7, 11) is 3.26. The number of nitrogens with one attached hydrogen (secondary N) is 3. The number of nitrogens with two attached hydrogens (primary N) is 1. The van der Waals surface area contributed by atoms with Gasteiger partial charge in [0.25, 0.3) is 0 Å². The number of nitrogens with zero attached hydrogens (tertiary/aromatic N) is 4. The van der Waals surface area contributed by atoms with Crippen LogP contribution >= 0.6 is 24.0 Å². The van der Waals surface area contributed by atoms with Crippen molar-refractivity contribution in [3.63, 3.8) is 0 Å². The van der Waals surface area contributed by atoms with E-state index in [1.807, 2.05) is 48.5 Å². The summed E-state index contributed by atoms with van der Waals surface area (Å²) in [6.07, 6.45) is 2.87. The maximum atomic E-state index is 8.75. The highest BCUT2D eigenvalue weighted by Gasteiger charge is 2.00. The molecule has 0 aliphatic rings. The van der Waals surface area contributed by atoms with Crippen LogP contribution in [0.15, 0.2) is 73.3 Å². The van der Waals surface area contributed by atoms with E-state index in [1.165, 1.54) is 12.7 Å². The van der Waals surface area contributed by atoms with E-state index in [2.05, 4.69) is 35.9 Å². The molecule has 12 nitrogen and oxygen atoms in total. The Labute approximate surface area is 244 Å². The summed E-state index contributed by atoms with van der Waals surface area (Å²) in [5.74, 6) is 3.62. The zero-order chi connectivity index (χ0) is 28.3. The van der Waals surface area contributed by atoms with Gasteiger partial charge in [-0.2, -0.15) is 0 Å². The lowest BCUT2D eigenvalue weighted by Gasteiger charge is -2.08. The van der Waals surface area contributed by atoms with Gasteiger partial charge in [-0.15, -0.1) is 12.4 Å². The number of aliphatic hydroxyl groups excluding tert-OH is 2. The van der Waals surface area contributed by atoms with Gasteiger partial charge in [-0.25, -0.2) is 19.9 Å². The summed E-state index contributed by atoms with van der Waals surface area (Å²) >= 11 is 5.75. The van der Waals surface area contributed by atoms with Gasteiger partial charge in [0.15, 0.2) is 0 Å². The maximum Gasteiger partial charge on any atom is 0.135 e. The maximum absolute atomic E-state index is 8.75. The molecule has 40 heavy (non-hydrogen) atoms. The number of halogens is 2. The third-order valence-corrected chi connectivity index (χ3v) is 4.78. The summed E-state index contributed by atoms with van der Waals surface area (Å²) in [5.41, 5.74) is 6.60. The van der Waals surface area contributed by atoms with Gasteiger partial charge in [0.2, 0.25) is 0 Å². The van der Waals surface area contributed by atoms with E-state index < -0.39 is 0 Å². The lowest BCUT2D eigenvalue weighted by Crippen LogP contribution is -2.07. The standard InChI is InChI=1S/C13H16N4O2.C11H10ClN3O.C2H7NO.ClH/c1-19-11-4-2-10(3-5-11)17-13-8-12(14-6-7-18)15-9-16-13;1-16-9-4-2-8(3-5-9)15-11-6-10(12)13-7-14-11;3-1-2-4;/h2-5,8-9,18H,6-7H2,1H3,(H2,14,15,16,17);2-7H,1H3,(H,13,14,15);4H,1-3H2;1H. The first-order chi connectivity index (χ1) is 19.0. The molecule has 14 heteroatoms. The Morgan fingerprint density at radius 3 is 1.60 bits per heavy atom. The van der Waals surface area contributed by atoms with Crippen molar-refractivity contribution in [3.05, 3.63) is 78.5 Å². The Balaban J connectivity index is 0.000000349. The second-order valence-electron chi connectivity index (χ2n) is 7.38. The first-order valence-electron chi connectivity index (χ1n) is 11.8. The van der Waals surface area contributed by atoms with E-state index >= 15 is 0 Å². The number of hydrogen-bond donors (Lipinski definition) is 6. The van der Waals surface area contributed by atoms with Crippen LogP contribution in [0.1, 0.15) is 0 Å².